The van der Waals surface area contributed by atoms with Crippen molar-refractivity contribution in [3.05, 3.63) is 0 Å². The topological polar surface area (TPSA) is 9.23 Å². The zero-order chi connectivity index (χ0) is 8.36. The van der Waals surface area contributed by atoms with Crippen molar-refractivity contribution in [2.24, 2.45) is 0 Å². The lowest BCUT2D eigenvalue weighted by Crippen LogP contribution is -1.98. The van der Waals surface area contributed by atoms with E-state index < -0.39 is 0 Å². The molecule has 0 amide bonds. The average molecular weight is 176 g/mol. The third kappa shape index (κ3) is 10.3. The van der Waals surface area contributed by atoms with E-state index in [1.807, 2.05) is 11.8 Å². The lowest BCUT2D eigenvalue weighted by molar-refractivity contribution is 0.145. The molecule has 0 N–H and O–H groups in total. The van der Waals surface area contributed by atoms with Gasteiger partial charge < -0.3 is 4.74 Å². The van der Waals surface area contributed by atoms with Crippen molar-refractivity contribution in [2.45, 2.75) is 32.6 Å². The highest BCUT2D eigenvalue weighted by atomic mass is 32.2. The zero-order valence-electron chi connectivity index (χ0n) is 7.77. The number of hydrogen-bond donors (Lipinski definition) is 0. The Morgan fingerprint density at radius 3 is 2.55 bits per heavy atom. The van der Waals surface area contributed by atoms with E-state index in [0.717, 1.165) is 19.0 Å². The molecule has 0 aliphatic heterocycles. The fourth-order valence-corrected chi connectivity index (χ4v) is 1.16. The van der Waals surface area contributed by atoms with Crippen LogP contribution in [0.1, 0.15) is 32.6 Å². The van der Waals surface area contributed by atoms with E-state index in [4.69, 9.17) is 4.74 Å². The van der Waals surface area contributed by atoms with Crippen molar-refractivity contribution in [3.8, 4) is 0 Å². The average Bonchev–Trinajstić information content (AvgIpc) is 2.03. The van der Waals surface area contributed by atoms with Crippen LogP contribution in [0.2, 0.25) is 0 Å². The number of unbranched alkanes of at least 4 members (excludes halogenated alkanes) is 3. The summed E-state index contributed by atoms with van der Waals surface area (Å²) in [5, 5.41) is 0. The van der Waals surface area contributed by atoms with E-state index in [-0.39, 0.29) is 0 Å². The molecule has 0 radical (unpaired) electrons. The summed E-state index contributed by atoms with van der Waals surface area (Å²) < 4.78 is 5.40. The quantitative estimate of drug-likeness (QED) is 0.526. The number of hydrogen-bond acceptors (Lipinski definition) is 2. The Kier molecular flexibility index (Phi) is 10.6. The highest BCUT2D eigenvalue weighted by Crippen LogP contribution is 1.99. The van der Waals surface area contributed by atoms with E-state index in [1.54, 1.807) is 0 Å². The predicted octanol–water partition coefficient (Wildman–Crippen LogP) is 2.95. The van der Waals surface area contributed by atoms with Gasteiger partial charge in [0.15, 0.2) is 0 Å². The molecule has 68 valence electrons. The fraction of sp³-hybridized carbons (Fsp3) is 1.00. The summed E-state index contributed by atoms with van der Waals surface area (Å²) in [7, 11) is 0. The van der Waals surface area contributed by atoms with Crippen molar-refractivity contribution >= 4 is 11.8 Å². The smallest absolute Gasteiger partial charge is 0.0556 e. The highest BCUT2D eigenvalue weighted by Gasteiger charge is 1.88. The Morgan fingerprint density at radius 1 is 1.09 bits per heavy atom. The van der Waals surface area contributed by atoms with Gasteiger partial charge in [-0.25, -0.2) is 0 Å². The van der Waals surface area contributed by atoms with Crippen LogP contribution >= 0.6 is 11.8 Å². The zero-order valence-corrected chi connectivity index (χ0v) is 8.58. The summed E-state index contributed by atoms with van der Waals surface area (Å²) in [6.07, 6.45) is 7.34. The minimum atomic E-state index is 0.924. The molecule has 2 heteroatoms. The maximum Gasteiger partial charge on any atom is 0.0556 e. The van der Waals surface area contributed by atoms with Gasteiger partial charge in [0.25, 0.3) is 0 Å². The third-order valence-electron chi connectivity index (χ3n) is 1.57. The van der Waals surface area contributed by atoms with Crippen molar-refractivity contribution in [1.29, 1.82) is 0 Å². The lowest BCUT2D eigenvalue weighted by atomic mass is 10.2. The molecule has 0 saturated heterocycles. The molecule has 0 aromatic heterocycles. The molecule has 11 heavy (non-hydrogen) atoms. The van der Waals surface area contributed by atoms with Gasteiger partial charge in [-0.3, -0.25) is 0 Å². The van der Waals surface area contributed by atoms with Gasteiger partial charge in [0.1, 0.15) is 0 Å². The van der Waals surface area contributed by atoms with Crippen LogP contribution in [0.15, 0.2) is 0 Å². The molecule has 0 saturated carbocycles. The molecular weight excluding hydrogens is 156 g/mol. The van der Waals surface area contributed by atoms with E-state index in [0.29, 0.717) is 0 Å². The summed E-state index contributed by atoms with van der Waals surface area (Å²) in [4.78, 5) is 0. The maximum absolute atomic E-state index is 5.40. The Morgan fingerprint density at radius 2 is 1.91 bits per heavy atom. The van der Waals surface area contributed by atoms with Crippen LogP contribution in [0.3, 0.4) is 0 Å². The molecule has 0 unspecified atom stereocenters. The first-order chi connectivity index (χ1) is 5.41. The number of rotatable bonds is 8. The van der Waals surface area contributed by atoms with Gasteiger partial charge >= 0.3 is 0 Å². The minimum Gasteiger partial charge on any atom is -0.381 e. The Labute approximate surface area is 74.9 Å². The second-order valence-electron chi connectivity index (χ2n) is 2.67. The fourth-order valence-electron chi connectivity index (χ4n) is 0.875. The van der Waals surface area contributed by atoms with Crippen LogP contribution in [0.5, 0.6) is 0 Å². The summed E-state index contributed by atoms with van der Waals surface area (Å²) in [6, 6.07) is 0. The molecular formula is C9H20OS. The molecule has 0 bridgehead atoms. The molecule has 0 fully saturated rings. The molecule has 0 spiro atoms. The SMILES string of the molecule is CCCCCCOCCSC. The van der Waals surface area contributed by atoms with E-state index in [2.05, 4.69) is 13.2 Å². The van der Waals surface area contributed by atoms with Gasteiger partial charge in [-0.2, -0.15) is 11.8 Å². The van der Waals surface area contributed by atoms with Crippen LogP contribution < -0.4 is 0 Å². The Bertz CT molecular complexity index is 58.6. The van der Waals surface area contributed by atoms with Crippen LogP contribution in [-0.4, -0.2) is 25.2 Å². The minimum absolute atomic E-state index is 0.924. The number of thioether (sulfide) groups is 1. The van der Waals surface area contributed by atoms with Crippen molar-refractivity contribution in [3.63, 3.8) is 0 Å². The van der Waals surface area contributed by atoms with Gasteiger partial charge in [0.2, 0.25) is 0 Å². The molecule has 0 rings (SSSR count). The van der Waals surface area contributed by atoms with E-state index >= 15 is 0 Å². The monoisotopic (exact) mass is 176 g/mol. The lowest BCUT2D eigenvalue weighted by Gasteiger charge is -2.01. The highest BCUT2D eigenvalue weighted by molar-refractivity contribution is 7.98. The second-order valence-corrected chi connectivity index (χ2v) is 3.65. The standard InChI is InChI=1S/C9H20OS/c1-3-4-5-6-7-10-8-9-11-2/h3-9H2,1-2H3. The number of ether oxygens (including phenoxy) is 1. The van der Waals surface area contributed by atoms with Crippen LogP contribution in [0.25, 0.3) is 0 Å². The normalized spacial score (nSPS) is 10.4. The third-order valence-corrected chi connectivity index (χ3v) is 2.15. The van der Waals surface area contributed by atoms with Gasteiger partial charge in [0, 0.05) is 12.4 Å². The summed E-state index contributed by atoms with van der Waals surface area (Å²) in [5.74, 6) is 1.13. The van der Waals surface area contributed by atoms with Gasteiger partial charge in [-0.1, -0.05) is 26.2 Å². The Hall–Kier alpha value is 0.310. The van der Waals surface area contributed by atoms with Gasteiger partial charge in [-0.15, -0.1) is 0 Å². The van der Waals surface area contributed by atoms with Crippen molar-refractivity contribution < 1.29 is 4.74 Å². The molecule has 0 aromatic carbocycles. The Balaban J connectivity index is 2.69. The predicted molar refractivity (Wildman–Crippen MR) is 53.3 cm³/mol. The van der Waals surface area contributed by atoms with Gasteiger partial charge in [0.05, 0.1) is 6.61 Å². The largest absolute Gasteiger partial charge is 0.381 e. The summed E-state index contributed by atoms with van der Waals surface area (Å²) in [5.41, 5.74) is 0. The first kappa shape index (κ1) is 11.3. The van der Waals surface area contributed by atoms with Crippen LogP contribution in [-0.2, 0) is 4.74 Å². The summed E-state index contributed by atoms with van der Waals surface area (Å²) in [6.45, 7) is 4.11. The van der Waals surface area contributed by atoms with Crippen molar-refractivity contribution in [1.82, 2.24) is 0 Å². The second kappa shape index (κ2) is 10.3. The van der Waals surface area contributed by atoms with E-state index in [9.17, 15) is 0 Å². The molecule has 0 heterocycles. The molecule has 1 nitrogen and oxygen atoms in total. The molecule has 0 aliphatic rings. The summed E-state index contributed by atoms with van der Waals surface area (Å²) >= 11 is 1.84. The van der Waals surface area contributed by atoms with E-state index in [1.165, 1.54) is 25.7 Å². The molecule has 0 atom stereocenters. The van der Waals surface area contributed by atoms with Crippen molar-refractivity contribution in [2.75, 3.05) is 25.2 Å². The van der Waals surface area contributed by atoms with Crippen LogP contribution in [0.4, 0.5) is 0 Å². The maximum atomic E-state index is 5.40. The molecule has 0 aliphatic carbocycles. The molecule has 0 aromatic rings. The first-order valence-corrected chi connectivity index (χ1v) is 5.88. The first-order valence-electron chi connectivity index (χ1n) is 4.48. The van der Waals surface area contributed by atoms with Crippen LogP contribution in [0, 0.1) is 0 Å². The van der Waals surface area contributed by atoms with Gasteiger partial charge in [-0.05, 0) is 12.7 Å².